The molecular weight excluding hydrogens is 264 g/mol. The summed E-state index contributed by atoms with van der Waals surface area (Å²) in [5.41, 5.74) is 0.863. The van der Waals surface area contributed by atoms with E-state index in [-0.39, 0.29) is 6.61 Å². The standard InChI is InChI=1S/C14H18O6/c1-17-14-11(16)10(15)12-9(19-14)7-18-13(20-12)8-5-3-2-4-6-8/h2-6,9-16H,7H2,1H3/t9-,10-,11-,12-,13-,14+/m0/s1. The molecule has 20 heavy (non-hydrogen) atoms. The topological polar surface area (TPSA) is 77.4 Å². The van der Waals surface area contributed by atoms with Crippen LogP contribution in [-0.2, 0) is 18.9 Å². The maximum atomic E-state index is 10.1. The summed E-state index contributed by atoms with van der Waals surface area (Å²) in [7, 11) is 1.41. The van der Waals surface area contributed by atoms with Gasteiger partial charge < -0.3 is 29.2 Å². The molecule has 0 bridgehead atoms. The van der Waals surface area contributed by atoms with Gasteiger partial charge in [-0.3, -0.25) is 0 Å². The molecule has 2 aliphatic rings. The summed E-state index contributed by atoms with van der Waals surface area (Å²) >= 11 is 0. The number of hydrogen-bond acceptors (Lipinski definition) is 6. The number of methoxy groups -OCH3 is 1. The number of hydrogen-bond donors (Lipinski definition) is 2. The van der Waals surface area contributed by atoms with Gasteiger partial charge in [-0.1, -0.05) is 30.3 Å². The second kappa shape index (κ2) is 5.77. The average Bonchev–Trinajstić information content (AvgIpc) is 2.51. The maximum Gasteiger partial charge on any atom is 0.186 e. The van der Waals surface area contributed by atoms with Crippen LogP contribution in [-0.4, -0.2) is 54.6 Å². The molecule has 3 rings (SSSR count). The fourth-order valence-corrected chi connectivity index (χ4v) is 2.55. The lowest BCUT2D eigenvalue weighted by Crippen LogP contribution is -2.62. The number of ether oxygens (including phenoxy) is 4. The zero-order valence-electron chi connectivity index (χ0n) is 11.1. The molecule has 1 aromatic carbocycles. The molecule has 0 aliphatic carbocycles. The van der Waals surface area contributed by atoms with Crippen molar-refractivity contribution in [1.29, 1.82) is 0 Å². The van der Waals surface area contributed by atoms with E-state index in [4.69, 9.17) is 18.9 Å². The molecule has 6 atom stereocenters. The van der Waals surface area contributed by atoms with E-state index in [0.717, 1.165) is 5.56 Å². The van der Waals surface area contributed by atoms with Crippen LogP contribution in [0.15, 0.2) is 30.3 Å². The Morgan fingerprint density at radius 2 is 1.85 bits per heavy atom. The van der Waals surface area contributed by atoms with Crippen LogP contribution >= 0.6 is 0 Å². The highest BCUT2D eigenvalue weighted by atomic mass is 16.7. The van der Waals surface area contributed by atoms with E-state index >= 15 is 0 Å². The number of fused-ring (bicyclic) bond motifs is 1. The molecule has 2 aliphatic heterocycles. The maximum absolute atomic E-state index is 10.1. The highest BCUT2D eigenvalue weighted by Gasteiger charge is 2.48. The molecule has 110 valence electrons. The van der Waals surface area contributed by atoms with Crippen molar-refractivity contribution < 1.29 is 29.2 Å². The Labute approximate surface area is 116 Å². The monoisotopic (exact) mass is 282 g/mol. The second-order valence-corrected chi connectivity index (χ2v) is 4.94. The molecule has 2 saturated heterocycles. The molecule has 6 heteroatoms. The van der Waals surface area contributed by atoms with Gasteiger partial charge in [-0.25, -0.2) is 0 Å². The van der Waals surface area contributed by atoms with E-state index < -0.39 is 37.0 Å². The van der Waals surface area contributed by atoms with Gasteiger partial charge in [0.2, 0.25) is 0 Å². The van der Waals surface area contributed by atoms with Gasteiger partial charge in [-0.2, -0.15) is 0 Å². The first-order valence-electron chi connectivity index (χ1n) is 6.57. The van der Waals surface area contributed by atoms with Crippen LogP contribution in [0.5, 0.6) is 0 Å². The molecule has 2 heterocycles. The first-order valence-corrected chi connectivity index (χ1v) is 6.57. The van der Waals surface area contributed by atoms with Gasteiger partial charge in [-0.05, 0) is 0 Å². The van der Waals surface area contributed by atoms with Crippen molar-refractivity contribution in [3.05, 3.63) is 35.9 Å². The third-order valence-electron chi connectivity index (χ3n) is 3.64. The van der Waals surface area contributed by atoms with Crippen LogP contribution in [0.3, 0.4) is 0 Å². The lowest BCUT2D eigenvalue weighted by atomic mass is 9.98. The van der Waals surface area contributed by atoms with Crippen molar-refractivity contribution in [3.63, 3.8) is 0 Å². The van der Waals surface area contributed by atoms with Crippen molar-refractivity contribution >= 4 is 0 Å². The minimum Gasteiger partial charge on any atom is -0.387 e. The van der Waals surface area contributed by atoms with Crippen LogP contribution in [0.25, 0.3) is 0 Å². The van der Waals surface area contributed by atoms with Crippen molar-refractivity contribution in [2.75, 3.05) is 13.7 Å². The molecule has 0 saturated carbocycles. The Bertz CT molecular complexity index is 437. The molecule has 0 spiro atoms. The number of rotatable bonds is 2. The largest absolute Gasteiger partial charge is 0.387 e. The van der Waals surface area contributed by atoms with E-state index in [0.29, 0.717) is 0 Å². The van der Waals surface area contributed by atoms with Crippen LogP contribution in [0.2, 0.25) is 0 Å². The summed E-state index contributed by atoms with van der Waals surface area (Å²) in [6, 6.07) is 9.45. The van der Waals surface area contributed by atoms with E-state index in [2.05, 4.69) is 0 Å². The van der Waals surface area contributed by atoms with Crippen molar-refractivity contribution in [1.82, 2.24) is 0 Å². The Morgan fingerprint density at radius 3 is 2.55 bits per heavy atom. The van der Waals surface area contributed by atoms with Crippen molar-refractivity contribution in [2.45, 2.75) is 37.0 Å². The summed E-state index contributed by atoms with van der Waals surface area (Å²) in [6.07, 6.45) is -4.76. The Hall–Kier alpha value is -1.02. The van der Waals surface area contributed by atoms with Gasteiger partial charge in [0, 0.05) is 12.7 Å². The van der Waals surface area contributed by atoms with Crippen LogP contribution in [0.1, 0.15) is 11.9 Å². The number of aliphatic hydroxyl groups is 2. The molecule has 2 fully saturated rings. The number of benzene rings is 1. The Balaban J connectivity index is 1.74. The van der Waals surface area contributed by atoms with Gasteiger partial charge in [0.25, 0.3) is 0 Å². The summed E-state index contributed by atoms with van der Waals surface area (Å²) < 4.78 is 21.9. The summed E-state index contributed by atoms with van der Waals surface area (Å²) in [4.78, 5) is 0. The van der Waals surface area contributed by atoms with Gasteiger partial charge in [0.05, 0.1) is 6.61 Å². The van der Waals surface area contributed by atoms with Gasteiger partial charge in [0.15, 0.2) is 12.6 Å². The second-order valence-electron chi connectivity index (χ2n) is 4.94. The van der Waals surface area contributed by atoms with Gasteiger partial charge in [-0.15, -0.1) is 0 Å². The predicted molar refractivity (Wildman–Crippen MR) is 67.7 cm³/mol. The fourth-order valence-electron chi connectivity index (χ4n) is 2.55. The zero-order valence-corrected chi connectivity index (χ0v) is 11.1. The fraction of sp³-hybridized carbons (Fsp3) is 0.571. The van der Waals surface area contributed by atoms with Crippen molar-refractivity contribution in [2.24, 2.45) is 0 Å². The molecule has 0 aromatic heterocycles. The molecule has 0 unspecified atom stereocenters. The molecule has 0 amide bonds. The van der Waals surface area contributed by atoms with Gasteiger partial charge >= 0.3 is 0 Å². The average molecular weight is 282 g/mol. The molecule has 1 aromatic rings. The first-order chi connectivity index (χ1) is 9.70. The first kappa shape index (κ1) is 13.9. The van der Waals surface area contributed by atoms with E-state index in [9.17, 15) is 10.2 Å². The highest BCUT2D eigenvalue weighted by Crippen LogP contribution is 2.33. The van der Waals surface area contributed by atoms with Gasteiger partial charge in [0.1, 0.15) is 24.4 Å². The quantitative estimate of drug-likeness (QED) is 0.806. The smallest absolute Gasteiger partial charge is 0.186 e. The Morgan fingerprint density at radius 1 is 1.10 bits per heavy atom. The van der Waals surface area contributed by atoms with Crippen molar-refractivity contribution in [3.8, 4) is 0 Å². The third-order valence-corrected chi connectivity index (χ3v) is 3.64. The molecular formula is C14H18O6. The normalized spacial score (nSPS) is 41.1. The lowest BCUT2D eigenvalue weighted by Gasteiger charge is -2.45. The predicted octanol–water partition coefficient (Wildman–Crippen LogP) is 0.194. The lowest BCUT2D eigenvalue weighted by molar-refractivity contribution is -0.358. The van der Waals surface area contributed by atoms with E-state index in [1.54, 1.807) is 0 Å². The molecule has 0 radical (unpaired) electrons. The minimum absolute atomic E-state index is 0.272. The molecule has 6 nitrogen and oxygen atoms in total. The highest BCUT2D eigenvalue weighted by molar-refractivity contribution is 5.16. The van der Waals surface area contributed by atoms with Crippen LogP contribution in [0.4, 0.5) is 0 Å². The van der Waals surface area contributed by atoms with Crippen LogP contribution < -0.4 is 0 Å². The minimum atomic E-state index is -1.14. The van der Waals surface area contributed by atoms with E-state index in [1.165, 1.54) is 7.11 Å². The zero-order chi connectivity index (χ0) is 14.1. The summed E-state index contributed by atoms with van der Waals surface area (Å²) in [6.45, 7) is 0.272. The summed E-state index contributed by atoms with van der Waals surface area (Å²) in [5, 5.41) is 20.1. The Kier molecular flexibility index (Phi) is 4.02. The molecule has 2 N–H and O–H groups in total. The van der Waals surface area contributed by atoms with E-state index in [1.807, 2.05) is 30.3 Å². The summed E-state index contributed by atoms with van der Waals surface area (Å²) in [5.74, 6) is 0. The SMILES string of the molecule is CO[C@@H]1O[C@H]2CO[C@H](c3ccccc3)O[C@@H]2[C@@H](O)[C@@H]1O. The third kappa shape index (κ3) is 2.46. The number of aliphatic hydroxyl groups excluding tert-OH is 2. The van der Waals surface area contributed by atoms with Crippen LogP contribution in [0, 0.1) is 0 Å².